The van der Waals surface area contributed by atoms with E-state index < -0.39 is 0 Å². The van der Waals surface area contributed by atoms with Crippen LogP contribution in [-0.4, -0.2) is 51.0 Å². The van der Waals surface area contributed by atoms with Gasteiger partial charge in [-0.3, -0.25) is 4.79 Å². The Balaban J connectivity index is 1.35. The van der Waals surface area contributed by atoms with Crippen molar-refractivity contribution in [1.29, 1.82) is 0 Å². The molecule has 0 bridgehead atoms. The summed E-state index contributed by atoms with van der Waals surface area (Å²) in [6, 6.07) is 10.1. The predicted octanol–water partition coefficient (Wildman–Crippen LogP) is 4.06. The van der Waals surface area contributed by atoms with Gasteiger partial charge in [0.05, 0.1) is 6.61 Å². The molecule has 3 aromatic rings. The minimum Gasteiger partial charge on any atom is -0.494 e. The fourth-order valence-electron chi connectivity index (χ4n) is 5.51. The number of carbonyl (C=O) groups is 1. The first-order valence-corrected chi connectivity index (χ1v) is 11.9. The molecule has 1 saturated heterocycles. The highest BCUT2D eigenvalue weighted by Gasteiger charge is 2.42. The van der Waals surface area contributed by atoms with Crippen LogP contribution in [0.25, 0.3) is 5.65 Å². The molecule has 2 aromatic heterocycles. The van der Waals surface area contributed by atoms with E-state index in [9.17, 15) is 4.79 Å². The van der Waals surface area contributed by atoms with Crippen LogP contribution in [0.2, 0.25) is 0 Å². The smallest absolute Gasteiger partial charge is 0.230 e. The van der Waals surface area contributed by atoms with Gasteiger partial charge in [0.15, 0.2) is 5.65 Å². The third-order valence-corrected chi connectivity index (χ3v) is 7.03. The minimum atomic E-state index is -0.227. The van der Waals surface area contributed by atoms with Gasteiger partial charge >= 0.3 is 0 Å². The fraction of sp³-hybridized carbons (Fsp3) is 0.520. The number of aromatic nitrogens is 4. The molecule has 1 aromatic carbocycles. The zero-order valence-corrected chi connectivity index (χ0v) is 19.9. The minimum absolute atomic E-state index is 0.00647. The third-order valence-electron chi connectivity index (χ3n) is 7.03. The van der Waals surface area contributed by atoms with Gasteiger partial charge in [-0.25, -0.2) is 0 Å². The summed E-state index contributed by atoms with van der Waals surface area (Å²) in [5, 5.41) is 12.5. The van der Waals surface area contributed by atoms with Crippen LogP contribution in [0.1, 0.15) is 58.4 Å². The number of piperidine rings is 1. The highest BCUT2D eigenvalue weighted by atomic mass is 16.5. The number of anilines is 2. The molecule has 0 saturated carbocycles. The zero-order chi connectivity index (χ0) is 23.2. The summed E-state index contributed by atoms with van der Waals surface area (Å²) in [6.07, 6.45) is 4.18. The predicted molar refractivity (Wildman–Crippen MR) is 128 cm³/mol. The topological polar surface area (TPSA) is 75.9 Å². The van der Waals surface area contributed by atoms with Gasteiger partial charge in [0, 0.05) is 30.2 Å². The van der Waals surface area contributed by atoms with Crippen LogP contribution in [0, 0.1) is 5.92 Å². The average molecular weight is 449 g/mol. The number of benzene rings is 1. The molecular formula is C25H32N6O2. The van der Waals surface area contributed by atoms with E-state index in [1.54, 1.807) is 10.8 Å². The van der Waals surface area contributed by atoms with E-state index in [0.29, 0.717) is 12.5 Å². The molecule has 1 amide bonds. The standard InChI is InChI=1S/C25H32N6O2/c1-5-33-19-6-7-21-20(14-19)17(2)15-25(3,4)31(21)24(32)18-10-12-29(13-11-18)23-9-8-22-27-26-16-30(22)28-23/h6-9,14,16-18H,5,10-13,15H2,1-4H3. The van der Waals surface area contributed by atoms with Crippen molar-refractivity contribution in [2.45, 2.75) is 58.4 Å². The van der Waals surface area contributed by atoms with E-state index in [4.69, 9.17) is 4.74 Å². The zero-order valence-electron chi connectivity index (χ0n) is 19.9. The van der Waals surface area contributed by atoms with Gasteiger partial charge in [-0.1, -0.05) is 6.92 Å². The van der Waals surface area contributed by atoms with E-state index in [2.05, 4.69) is 58.0 Å². The number of hydrogen-bond donors (Lipinski definition) is 0. The Labute approximate surface area is 194 Å². The summed E-state index contributed by atoms with van der Waals surface area (Å²) < 4.78 is 7.43. The number of rotatable bonds is 4. The molecule has 0 radical (unpaired) electrons. The normalized spacial score (nSPS) is 20.7. The maximum absolute atomic E-state index is 13.9. The number of carbonyl (C=O) groups excluding carboxylic acids is 1. The Morgan fingerprint density at radius 3 is 2.73 bits per heavy atom. The first-order chi connectivity index (χ1) is 15.9. The first-order valence-electron chi connectivity index (χ1n) is 11.9. The van der Waals surface area contributed by atoms with Crippen LogP contribution >= 0.6 is 0 Å². The lowest BCUT2D eigenvalue weighted by Gasteiger charge is -2.48. The number of amides is 1. The van der Waals surface area contributed by atoms with Crippen molar-refractivity contribution in [2.24, 2.45) is 5.92 Å². The fourth-order valence-corrected chi connectivity index (χ4v) is 5.51. The molecule has 1 unspecified atom stereocenters. The van der Waals surface area contributed by atoms with Gasteiger partial charge in [0.1, 0.15) is 17.9 Å². The molecule has 8 heteroatoms. The highest BCUT2D eigenvalue weighted by molar-refractivity contribution is 5.98. The van der Waals surface area contributed by atoms with E-state index in [0.717, 1.165) is 55.3 Å². The SMILES string of the molecule is CCOc1ccc2c(c1)C(C)CC(C)(C)N2C(=O)C1CCN(c2ccc3nncn3n2)CC1. The summed E-state index contributed by atoms with van der Waals surface area (Å²) in [6.45, 7) is 10.9. The Morgan fingerprint density at radius 1 is 1.18 bits per heavy atom. The second-order valence-electron chi connectivity index (χ2n) is 9.83. The van der Waals surface area contributed by atoms with E-state index >= 15 is 0 Å². The Hall–Kier alpha value is -3.16. The molecular weight excluding hydrogens is 416 g/mol. The van der Waals surface area contributed by atoms with Crippen molar-refractivity contribution >= 4 is 23.1 Å². The summed E-state index contributed by atoms with van der Waals surface area (Å²) in [4.78, 5) is 18.2. The average Bonchev–Trinajstić information content (AvgIpc) is 3.27. The monoisotopic (exact) mass is 448 g/mol. The molecule has 8 nitrogen and oxygen atoms in total. The quantitative estimate of drug-likeness (QED) is 0.599. The highest BCUT2D eigenvalue weighted by Crippen LogP contribution is 2.45. The van der Waals surface area contributed by atoms with Gasteiger partial charge in [-0.05, 0) is 81.8 Å². The maximum Gasteiger partial charge on any atom is 0.230 e. The molecule has 1 atom stereocenters. The Kier molecular flexibility index (Phi) is 5.46. The molecule has 0 spiro atoms. The molecule has 4 heterocycles. The molecule has 1 fully saturated rings. The Morgan fingerprint density at radius 2 is 1.97 bits per heavy atom. The first kappa shape index (κ1) is 21.7. The molecule has 174 valence electrons. The van der Waals surface area contributed by atoms with Crippen LogP contribution in [0.4, 0.5) is 11.5 Å². The number of hydrogen-bond acceptors (Lipinski definition) is 6. The molecule has 2 aliphatic rings. The van der Waals surface area contributed by atoms with Crippen molar-refractivity contribution < 1.29 is 9.53 Å². The summed E-state index contributed by atoms with van der Waals surface area (Å²) in [5.41, 5.74) is 2.75. The van der Waals surface area contributed by atoms with Crippen LogP contribution in [0.15, 0.2) is 36.7 Å². The van der Waals surface area contributed by atoms with Gasteiger partial charge in [-0.2, -0.15) is 4.52 Å². The lowest BCUT2D eigenvalue weighted by atomic mass is 9.78. The number of nitrogens with zero attached hydrogens (tertiary/aromatic N) is 6. The third kappa shape index (κ3) is 3.92. The van der Waals surface area contributed by atoms with Gasteiger partial charge in [0.25, 0.3) is 0 Å². The molecule has 0 aliphatic carbocycles. The lowest BCUT2D eigenvalue weighted by Crippen LogP contribution is -2.54. The van der Waals surface area contributed by atoms with Crippen molar-refractivity contribution in [2.75, 3.05) is 29.5 Å². The lowest BCUT2D eigenvalue weighted by molar-refractivity contribution is -0.124. The molecule has 0 N–H and O–H groups in total. The Bertz CT molecular complexity index is 1160. The van der Waals surface area contributed by atoms with Crippen LogP contribution in [0.5, 0.6) is 5.75 Å². The largest absolute Gasteiger partial charge is 0.494 e. The van der Waals surface area contributed by atoms with Crippen molar-refractivity contribution in [1.82, 2.24) is 19.8 Å². The van der Waals surface area contributed by atoms with E-state index in [-0.39, 0.29) is 17.4 Å². The van der Waals surface area contributed by atoms with Crippen LogP contribution in [0.3, 0.4) is 0 Å². The van der Waals surface area contributed by atoms with Crippen molar-refractivity contribution in [3.05, 3.63) is 42.2 Å². The summed E-state index contributed by atoms with van der Waals surface area (Å²) >= 11 is 0. The second-order valence-corrected chi connectivity index (χ2v) is 9.83. The van der Waals surface area contributed by atoms with Crippen LogP contribution in [-0.2, 0) is 4.79 Å². The maximum atomic E-state index is 13.9. The van der Waals surface area contributed by atoms with Crippen molar-refractivity contribution in [3.63, 3.8) is 0 Å². The second kappa shape index (κ2) is 8.32. The van der Waals surface area contributed by atoms with E-state index in [1.165, 1.54) is 5.56 Å². The summed E-state index contributed by atoms with van der Waals surface area (Å²) in [5.74, 6) is 2.39. The van der Waals surface area contributed by atoms with Crippen molar-refractivity contribution in [3.8, 4) is 5.75 Å². The molecule has 2 aliphatic heterocycles. The van der Waals surface area contributed by atoms with E-state index in [1.807, 2.05) is 25.1 Å². The molecule has 33 heavy (non-hydrogen) atoms. The van der Waals surface area contributed by atoms with Gasteiger partial charge in [-0.15, -0.1) is 15.3 Å². The van der Waals surface area contributed by atoms with Gasteiger partial charge in [0.2, 0.25) is 5.91 Å². The molecule has 5 rings (SSSR count). The van der Waals surface area contributed by atoms with Crippen LogP contribution < -0.4 is 14.5 Å². The summed E-state index contributed by atoms with van der Waals surface area (Å²) in [7, 11) is 0. The number of ether oxygens (including phenoxy) is 1. The van der Waals surface area contributed by atoms with Gasteiger partial charge < -0.3 is 14.5 Å². The number of fused-ring (bicyclic) bond motifs is 2.